The topological polar surface area (TPSA) is 86.5 Å². The molecule has 1 aromatic carbocycles. The lowest BCUT2D eigenvalue weighted by Gasteiger charge is -2.04. The van der Waals surface area contributed by atoms with Gasteiger partial charge in [0.15, 0.2) is 11.6 Å². The molecule has 0 aliphatic rings. The zero-order chi connectivity index (χ0) is 19.6. The first kappa shape index (κ1) is 22.3. The molecule has 0 saturated carbocycles. The number of hydrogen-bond acceptors (Lipinski definition) is 5. The van der Waals surface area contributed by atoms with Gasteiger partial charge < -0.3 is 10.5 Å². The second-order valence-electron chi connectivity index (χ2n) is 5.83. The van der Waals surface area contributed by atoms with E-state index in [1.165, 1.54) is 13.8 Å². The number of hydrogen-bond donors (Lipinski definition) is 1. The van der Waals surface area contributed by atoms with Gasteiger partial charge >= 0.3 is 5.97 Å². The molecular weight excluding hydrogens is 318 g/mol. The average molecular weight is 345 g/mol. The van der Waals surface area contributed by atoms with E-state index in [0.29, 0.717) is 35.4 Å². The van der Waals surface area contributed by atoms with Crippen LogP contribution in [0.2, 0.25) is 0 Å². The Balaban J connectivity index is 0.000000504. The summed E-state index contributed by atoms with van der Waals surface area (Å²) in [7, 11) is 0. The first-order valence-corrected chi connectivity index (χ1v) is 7.92. The van der Waals surface area contributed by atoms with Gasteiger partial charge in [0.25, 0.3) is 0 Å². The van der Waals surface area contributed by atoms with Crippen molar-refractivity contribution in [3.05, 3.63) is 53.1 Å². The highest BCUT2D eigenvalue weighted by atomic mass is 16.5. The number of benzene rings is 1. The quantitative estimate of drug-likeness (QED) is 0.366. The molecule has 0 aliphatic heterocycles. The van der Waals surface area contributed by atoms with E-state index < -0.39 is 0 Å². The summed E-state index contributed by atoms with van der Waals surface area (Å²) in [5.41, 5.74) is 8.78. The van der Waals surface area contributed by atoms with Crippen LogP contribution >= 0.6 is 0 Å². The fourth-order valence-corrected chi connectivity index (χ4v) is 1.55. The highest BCUT2D eigenvalue weighted by Gasteiger charge is 2.06. The average Bonchev–Trinajstić information content (AvgIpc) is 2.54. The van der Waals surface area contributed by atoms with Gasteiger partial charge in [-0.25, -0.2) is 4.79 Å². The zero-order valence-corrected chi connectivity index (χ0v) is 15.6. The third kappa shape index (κ3) is 9.25. The van der Waals surface area contributed by atoms with Gasteiger partial charge in [-0.2, -0.15) is 0 Å². The summed E-state index contributed by atoms with van der Waals surface area (Å²) in [6, 6.07) is 6.65. The molecule has 136 valence electrons. The van der Waals surface area contributed by atoms with Gasteiger partial charge in [-0.15, -0.1) is 6.58 Å². The molecule has 5 nitrogen and oxygen atoms in total. The lowest BCUT2D eigenvalue weighted by Crippen LogP contribution is -2.06. The normalized spacial score (nSPS) is 10.8. The molecule has 1 aromatic rings. The fourth-order valence-electron chi connectivity index (χ4n) is 1.55. The van der Waals surface area contributed by atoms with Gasteiger partial charge in [-0.1, -0.05) is 5.57 Å². The van der Waals surface area contributed by atoms with E-state index in [2.05, 4.69) is 6.58 Å². The molecule has 0 atom stereocenters. The second-order valence-corrected chi connectivity index (χ2v) is 5.83. The van der Waals surface area contributed by atoms with E-state index in [4.69, 9.17) is 10.5 Å². The molecular formula is C20H27NO4. The Hall–Kier alpha value is -2.69. The first-order chi connectivity index (χ1) is 11.6. The van der Waals surface area contributed by atoms with Crippen LogP contribution in [0, 0.1) is 0 Å². The molecule has 0 unspecified atom stereocenters. The maximum absolute atomic E-state index is 11.4. The molecule has 0 heterocycles. The largest absolute Gasteiger partial charge is 0.462 e. The van der Waals surface area contributed by atoms with Crippen molar-refractivity contribution >= 4 is 23.2 Å². The minimum atomic E-state index is -0.323. The summed E-state index contributed by atoms with van der Waals surface area (Å²) < 4.78 is 5.04. The van der Waals surface area contributed by atoms with E-state index in [0.717, 1.165) is 5.57 Å². The van der Waals surface area contributed by atoms with Gasteiger partial charge in [0, 0.05) is 12.1 Å². The molecule has 2 N–H and O–H groups in total. The lowest BCUT2D eigenvalue weighted by atomic mass is 10.1. The standard InChI is InChI=1S/C12H15NO2.C8H12O2/c1-9(2)7-8-15-12(14)10-3-5-11(13)6-4-10;1-5(7(3)9)6(2)8(4)10/h3-6H,1,7-8,13H2,2H3;1-4H3/b;6-5-. The van der Waals surface area contributed by atoms with Crippen LogP contribution in [0.1, 0.15) is 51.4 Å². The van der Waals surface area contributed by atoms with Crippen molar-refractivity contribution in [2.75, 3.05) is 12.3 Å². The van der Waals surface area contributed by atoms with Crippen molar-refractivity contribution in [1.29, 1.82) is 0 Å². The van der Waals surface area contributed by atoms with E-state index in [1.54, 1.807) is 38.1 Å². The van der Waals surface area contributed by atoms with E-state index in [9.17, 15) is 14.4 Å². The van der Waals surface area contributed by atoms with Crippen LogP contribution in [0.25, 0.3) is 0 Å². The zero-order valence-electron chi connectivity index (χ0n) is 15.6. The number of ketones is 2. The highest BCUT2D eigenvalue weighted by Crippen LogP contribution is 2.07. The summed E-state index contributed by atoms with van der Waals surface area (Å²) in [5.74, 6) is -0.392. The number of carbonyl (C=O) groups excluding carboxylic acids is 3. The number of Topliss-reactive ketones (excluding diaryl/α,β-unsaturated/α-hetero) is 2. The molecule has 0 aliphatic carbocycles. The van der Waals surface area contributed by atoms with Crippen LogP contribution in [0.4, 0.5) is 5.69 Å². The van der Waals surface area contributed by atoms with Crippen LogP contribution in [-0.2, 0) is 14.3 Å². The van der Waals surface area contributed by atoms with E-state index >= 15 is 0 Å². The molecule has 0 aromatic heterocycles. The summed E-state index contributed by atoms with van der Waals surface area (Å²) >= 11 is 0. The third-order valence-corrected chi connectivity index (χ3v) is 3.53. The number of rotatable bonds is 6. The summed E-state index contributed by atoms with van der Waals surface area (Å²) in [6.45, 7) is 12.3. The van der Waals surface area contributed by atoms with E-state index in [1.807, 2.05) is 6.92 Å². The van der Waals surface area contributed by atoms with Crippen molar-refractivity contribution < 1.29 is 19.1 Å². The predicted octanol–water partition coefficient (Wildman–Crippen LogP) is 3.89. The Kier molecular flexibility index (Phi) is 9.79. The molecule has 1 rings (SSSR count). The minimum Gasteiger partial charge on any atom is -0.462 e. The first-order valence-electron chi connectivity index (χ1n) is 7.92. The lowest BCUT2D eigenvalue weighted by molar-refractivity contribution is -0.116. The maximum Gasteiger partial charge on any atom is 0.338 e. The monoisotopic (exact) mass is 345 g/mol. The van der Waals surface area contributed by atoms with Gasteiger partial charge in [0.1, 0.15) is 0 Å². The Morgan fingerprint density at radius 3 is 1.72 bits per heavy atom. The number of nitrogen functional groups attached to an aromatic ring is 1. The van der Waals surface area contributed by atoms with Gasteiger partial charge in [-0.05, 0) is 70.0 Å². The molecule has 0 spiro atoms. The number of carbonyl (C=O) groups is 3. The van der Waals surface area contributed by atoms with Crippen LogP contribution < -0.4 is 5.73 Å². The molecule has 25 heavy (non-hydrogen) atoms. The smallest absolute Gasteiger partial charge is 0.338 e. The Morgan fingerprint density at radius 1 is 0.920 bits per heavy atom. The number of anilines is 1. The predicted molar refractivity (Wildman–Crippen MR) is 100 cm³/mol. The molecule has 0 bridgehead atoms. The van der Waals surface area contributed by atoms with Crippen molar-refractivity contribution in [3.8, 4) is 0 Å². The van der Waals surface area contributed by atoms with Crippen molar-refractivity contribution in [1.82, 2.24) is 0 Å². The van der Waals surface area contributed by atoms with Crippen molar-refractivity contribution in [2.24, 2.45) is 0 Å². The number of esters is 1. The summed E-state index contributed by atoms with van der Waals surface area (Å²) in [6.07, 6.45) is 0.695. The Labute approximate surface area is 149 Å². The SMILES string of the molecule is C=C(C)CCOC(=O)c1ccc(N)cc1.CC(=O)/C(C)=C(/C)C(C)=O. The number of allylic oxidation sites excluding steroid dienone is 2. The molecule has 0 radical (unpaired) electrons. The Morgan fingerprint density at radius 2 is 1.36 bits per heavy atom. The van der Waals surface area contributed by atoms with Crippen LogP contribution in [0.3, 0.4) is 0 Å². The summed E-state index contributed by atoms with van der Waals surface area (Å²) in [5, 5.41) is 0. The number of nitrogens with two attached hydrogens (primary N) is 1. The Bertz CT molecular complexity index is 647. The van der Waals surface area contributed by atoms with E-state index in [-0.39, 0.29) is 17.5 Å². The molecule has 5 heteroatoms. The van der Waals surface area contributed by atoms with Crippen LogP contribution in [-0.4, -0.2) is 24.1 Å². The van der Waals surface area contributed by atoms with Crippen LogP contribution in [0.5, 0.6) is 0 Å². The molecule has 0 fully saturated rings. The number of ether oxygens (including phenoxy) is 1. The van der Waals surface area contributed by atoms with Gasteiger partial charge in [-0.3, -0.25) is 9.59 Å². The summed E-state index contributed by atoms with van der Waals surface area (Å²) in [4.78, 5) is 32.8. The van der Waals surface area contributed by atoms with Gasteiger partial charge in [0.2, 0.25) is 0 Å². The highest BCUT2D eigenvalue weighted by molar-refractivity contribution is 6.03. The third-order valence-electron chi connectivity index (χ3n) is 3.53. The maximum atomic E-state index is 11.4. The molecule has 0 saturated heterocycles. The molecule has 0 amide bonds. The van der Waals surface area contributed by atoms with Gasteiger partial charge in [0.05, 0.1) is 12.2 Å². The second kappa shape index (κ2) is 11.0. The fraction of sp³-hybridized carbons (Fsp3) is 0.350. The minimum absolute atomic E-state index is 0.0345. The van der Waals surface area contributed by atoms with Crippen LogP contribution in [0.15, 0.2) is 47.6 Å². The van der Waals surface area contributed by atoms with Crippen molar-refractivity contribution in [2.45, 2.75) is 41.0 Å². The van der Waals surface area contributed by atoms with Crippen molar-refractivity contribution in [3.63, 3.8) is 0 Å².